The third-order valence-corrected chi connectivity index (χ3v) is 9.87. The third-order valence-electron chi connectivity index (χ3n) is 8.73. The summed E-state index contributed by atoms with van der Waals surface area (Å²) in [6, 6.07) is 24.0. The molecule has 2 aromatic heterocycles. The summed E-state index contributed by atoms with van der Waals surface area (Å²) in [6.07, 6.45) is 0. The lowest BCUT2D eigenvalue weighted by Gasteiger charge is -2.36. The molecule has 0 aliphatic rings. The number of nitrogens with one attached hydrogen (secondary N) is 6. The summed E-state index contributed by atoms with van der Waals surface area (Å²) < 4.78 is 10.7. The Balaban J connectivity index is 1.16. The lowest BCUT2D eigenvalue weighted by atomic mass is 10.0. The Bertz CT molecular complexity index is 2610. The zero-order chi connectivity index (χ0) is 40.1. The van der Waals surface area contributed by atoms with Crippen molar-refractivity contribution in [3.63, 3.8) is 0 Å². The van der Waals surface area contributed by atoms with Crippen molar-refractivity contribution in [1.82, 2.24) is 29.5 Å². The minimum absolute atomic E-state index is 0.0514. The molecular formula is C36H34N10O6S4. The first kappa shape index (κ1) is 39.3. The molecule has 20 heteroatoms. The van der Waals surface area contributed by atoms with Crippen LogP contribution in [-0.4, -0.2) is 90.5 Å². The van der Waals surface area contributed by atoms with Gasteiger partial charge in [0.1, 0.15) is 5.75 Å². The van der Waals surface area contributed by atoms with E-state index in [1.807, 2.05) is 24.3 Å². The molecule has 0 bridgehead atoms. The second-order valence-electron chi connectivity index (χ2n) is 12.2. The summed E-state index contributed by atoms with van der Waals surface area (Å²) in [6.45, 7) is 0.0514. The van der Waals surface area contributed by atoms with Crippen molar-refractivity contribution in [2.24, 2.45) is 0 Å². The van der Waals surface area contributed by atoms with E-state index in [0.29, 0.717) is 47.6 Å². The molecule has 0 aliphatic carbocycles. The molecule has 0 radical (unpaired) electrons. The van der Waals surface area contributed by atoms with Crippen LogP contribution >= 0.6 is 48.9 Å². The molecule has 0 saturated carbocycles. The molecule has 0 fully saturated rings. The van der Waals surface area contributed by atoms with Gasteiger partial charge in [-0.3, -0.25) is 34.3 Å². The molecule has 2 unspecified atom stereocenters. The Morgan fingerprint density at radius 3 is 1.66 bits per heavy atom. The number of ether oxygens (including phenoxy) is 1. The van der Waals surface area contributed by atoms with Crippen molar-refractivity contribution in [2.75, 3.05) is 41.3 Å². The number of hydrogen-bond donors (Lipinski definition) is 8. The van der Waals surface area contributed by atoms with Crippen LogP contribution in [-0.2, 0) is 9.59 Å². The van der Waals surface area contributed by atoms with Gasteiger partial charge < -0.3 is 35.4 Å². The quantitative estimate of drug-likeness (QED) is 0.0403. The summed E-state index contributed by atoms with van der Waals surface area (Å²) in [5.74, 6) is -2.84. The molecular weight excluding hydrogens is 797 g/mol. The van der Waals surface area contributed by atoms with E-state index in [1.165, 1.54) is 30.0 Å². The smallest absolute Gasteiger partial charge is 0.329 e. The number of hydrogen-bond acceptors (Lipinski definition) is 11. The fourth-order valence-electron chi connectivity index (χ4n) is 5.98. The van der Waals surface area contributed by atoms with E-state index in [9.17, 15) is 24.6 Å². The van der Waals surface area contributed by atoms with Crippen molar-refractivity contribution >= 4 is 89.5 Å². The van der Waals surface area contributed by atoms with Crippen molar-refractivity contribution < 1.29 is 29.3 Å². The van der Waals surface area contributed by atoms with Crippen LogP contribution < -0.4 is 25.2 Å². The van der Waals surface area contributed by atoms with Crippen LogP contribution in [0.1, 0.15) is 10.4 Å². The highest BCUT2D eigenvalue weighted by molar-refractivity contribution is 7.72. The van der Waals surface area contributed by atoms with Crippen LogP contribution in [0.4, 0.5) is 22.7 Å². The van der Waals surface area contributed by atoms with Crippen LogP contribution in [0.2, 0.25) is 0 Å². The largest absolute Gasteiger partial charge is 0.480 e. The number of aromatic nitrogens is 6. The molecule has 0 aliphatic heterocycles. The summed E-state index contributed by atoms with van der Waals surface area (Å²) in [4.78, 5) is 41.7. The Morgan fingerprint density at radius 2 is 1.12 bits per heavy atom. The summed E-state index contributed by atoms with van der Waals surface area (Å²) >= 11 is 21.2. The number of carboxylic acids is 2. The molecule has 8 N–H and O–H groups in total. The fraction of sp³-hybridized carbons (Fsp3) is 0.139. The number of benzene rings is 4. The number of nitrogens with zero attached hydrogens (tertiary/aromatic N) is 4. The van der Waals surface area contributed by atoms with Gasteiger partial charge in [0.2, 0.25) is 0 Å². The van der Waals surface area contributed by atoms with E-state index in [4.69, 9.17) is 53.6 Å². The normalized spacial score (nSPS) is 12.0. The Labute approximate surface area is 339 Å². The number of carbonyl (C=O) groups excluding carboxylic acids is 1. The zero-order valence-electron chi connectivity index (χ0n) is 29.5. The Kier molecular flexibility index (Phi) is 11.9. The van der Waals surface area contributed by atoms with E-state index < -0.39 is 29.9 Å². The van der Waals surface area contributed by atoms with Crippen molar-refractivity contribution in [3.05, 3.63) is 122 Å². The van der Waals surface area contributed by atoms with Crippen molar-refractivity contribution in [1.29, 1.82) is 0 Å². The van der Waals surface area contributed by atoms with Gasteiger partial charge in [-0.1, -0.05) is 24.3 Å². The van der Waals surface area contributed by atoms with Crippen LogP contribution in [0.25, 0.3) is 11.4 Å². The summed E-state index contributed by atoms with van der Waals surface area (Å²) in [5, 5.41) is 38.0. The lowest BCUT2D eigenvalue weighted by molar-refractivity contribution is -0.146. The fourth-order valence-corrected chi connectivity index (χ4v) is 7.09. The van der Waals surface area contributed by atoms with Gasteiger partial charge in [0.25, 0.3) is 5.91 Å². The van der Waals surface area contributed by atoms with E-state index in [0.717, 1.165) is 11.4 Å². The van der Waals surface area contributed by atoms with Crippen LogP contribution in [0, 0.1) is 19.1 Å². The highest BCUT2D eigenvalue weighted by Crippen LogP contribution is 2.27. The van der Waals surface area contributed by atoms with Crippen LogP contribution in [0.3, 0.4) is 0 Å². The number of carboxylic acid groups (broad SMARTS) is 2. The maximum absolute atomic E-state index is 13.4. The topological polar surface area (TPSA) is 204 Å². The number of amides is 1. The molecule has 16 nitrogen and oxygen atoms in total. The number of aliphatic carboxylic acids is 2. The molecule has 6 rings (SSSR count). The third kappa shape index (κ3) is 8.62. The molecule has 0 saturated heterocycles. The Morgan fingerprint density at radius 1 is 0.661 bits per heavy atom. The minimum Gasteiger partial charge on any atom is -0.480 e. The number of H-pyrrole nitrogens is 4. The first-order valence-electron chi connectivity index (χ1n) is 16.6. The van der Waals surface area contributed by atoms with Gasteiger partial charge in [0.05, 0.1) is 11.4 Å². The van der Waals surface area contributed by atoms with Crippen molar-refractivity contribution in [2.45, 2.75) is 12.1 Å². The highest BCUT2D eigenvalue weighted by Gasteiger charge is 2.40. The van der Waals surface area contributed by atoms with Gasteiger partial charge in [-0.2, -0.15) is 0 Å². The number of aromatic amines is 4. The number of anilines is 4. The van der Waals surface area contributed by atoms with Gasteiger partial charge in [-0.15, -0.1) is 0 Å². The molecule has 2 heterocycles. The van der Waals surface area contributed by atoms with E-state index >= 15 is 0 Å². The molecule has 1 amide bonds. The van der Waals surface area contributed by atoms with E-state index in [2.05, 4.69) is 31.0 Å². The Hall–Kier alpha value is -6.35. The average molecular weight is 831 g/mol. The molecule has 288 valence electrons. The first-order valence-corrected chi connectivity index (χ1v) is 18.3. The summed E-state index contributed by atoms with van der Waals surface area (Å²) in [5.41, 5.74) is 3.45. The number of likely N-dealkylation sites (N-methyl/N-ethyl adjacent to an activating group) is 2. The summed E-state index contributed by atoms with van der Waals surface area (Å²) in [7, 11) is 2.96. The van der Waals surface area contributed by atoms with E-state index in [1.54, 1.807) is 75.9 Å². The number of carbonyl (C=O) groups is 3. The average Bonchev–Trinajstić information content (AvgIpc) is 3.71. The molecule has 0 spiro atoms. The number of rotatable bonds is 15. The van der Waals surface area contributed by atoms with Gasteiger partial charge >= 0.3 is 11.9 Å². The van der Waals surface area contributed by atoms with Gasteiger partial charge in [0.15, 0.2) is 37.9 Å². The predicted octanol–water partition coefficient (Wildman–Crippen LogP) is 6.68. The SMILES string of the molecule is CN(c1cccc(OCNc2cccc(-n3c(=S)[nH][nH]c3=S)c2)c1)C(C(=O)O)C(C(=O)O)N(C)c1cccc(C(=O)Nc2cccc(-n3c(=S)[nH][nH]c3=S)c2)c1. The van der Waals surface area contributed by atoms with Crippen molar-refractivity contribution in [3.8, 4) is 17.1 Å². The zero-order valence-corrected chi connectivity index (χ0v) is 32.8. The second kappa shape index (κ2) is 17.0. The highest BCUT2D eigenvalue weighted by atomic mass is 32.1. The maximum atomic E-state index is 13.4. The van der Waals surface area contributed by atoms with Crippen LogP contribution in [0.5, 0.6) is 5.75 Å². The standard InChI is InChI=1S/C36H34N10O6S4/c1-43(23-10-3-7-20(15-23)30(47)38-22-9-5-13-26(17-22)46-35(55)41-42-36(46)56)28(31(48)49)29(32(50)51)44(2)24-11-6-14-27(18-24)52-19-37-21-8-4-12-25(16-21)45-33(53)39-40-34(45)54/h3-18,28-29,37H,19H2,1-2H3,(H,38,47)(H,39,53)(H,40,54)(H,41,55)(H,42,56)(H,48,49)(H,50,51). The van der Waals surface area contributed by atoms with Crippen LogP contribution in [0.15, 0.2) is 97.1 Å². The minimum atomic E-state index is -1.59. The first-order chi connectivity index (χ1) is 26.8. The van der Waals surface area contributed by atoms with E-state index in [-0.39, 0.29) is 12.3 Å². The van der Waals surface area contributed by atoms with Gasteiger partial charge in [-0.25, -0.2) is 9.59 Å². The lowest BCUT2D eigenvalue weighted by Crippen LogP contribution is -2.57. The monoisotopic (exact) mass is 830 g/mol. The predicted molar refractivity (Wildman–Crippen MR) is 222 cm³/mol. The van der Waals surface area contributed by atoms with Gasteiger partial charge in [0, 0.05) is 48.5 Å². The molecule has 56 heavy (non-hydrogen) atoms. The molecule has 6 aromatic rings. The molecule has 4 aromatic carbocycles. The second-order valence-corrected chi connectivity index (χ2v) is 13.8. The molecule has 2 atom stereocenters. The maximum Gasteiger partial charge on any atom is 0.329 e. The van der Waals surface area contributed by atoms with Gasteiger partial charge in [-0.05, 0) is 116 Å².